The van der Waals surface area contributed by atoms with Crippen LogP contribution in [0.5, 0.6) is 0 Å². The van der Waals surface area contributed by atoms with Crippen LogP contribution in [0.2, 0.25) is 0 Å². The topological polar surface area (TPSA) is 140 Å². The molecule has 0 aromatic carbocycles. The maximum Gasteiger partial charge on any atom is 0.469 e. The molecule has 0 aromatic heterocycles. The van der Waals surface area contributed by atoms with Gasteiger partial charge >= 0.3 is 19.8 Å². The lowest BCUT2D eigenvalue weighted by atomic mass is 10.2. The molecule has 3 N–H and O–H groups in total. The van der Waals surface area contributed by atoms with E-state index in [4.69, 9.17) is 24.4 Å². The van der Waals surface area contributed by atoms with Crippen LogP contribution in [0.1, 0.15) is 65.2 Å². The number of aliphatic hydroxyl groups is 1. The highest BCUT2D eigenvalue weighted by molar-refractivity contribution is 7.46. The lowest BCUT2D eigenvalue weighted by Crippen LogP contribution is -2.36. The van der Waals surface area contributed by atoms with Crippen molar-refractivity contribution < 1.29 is 47.5 Å². The van der Waals surface area contributed by atoms with Gasteiger partial charge in [-0.1, -0.05) is 39.5 Å². The zero-order chi connectivity index (χ0) is 24.3. The number of carbonyl (C=O) groups excluding carboxylic acids is 2. The molecule has 0 heterocycles. The lowest BCUT2D eigenvalue weighted by molar-refractivity contribution is -0.870. The third kappa shape index (κ3) is 26.9. The predicted molar refractivity (Wildman–Crippen MR) is 117 cm³/mol. The molecule has 0 aliphatic heterocycles. The summed E-state index contributed by atoms with van der Waals surface area (Å²) in [5.41, 5.74) is 0. The Morgan fingerprint density at radius 3 is 1.81 bits per heavy atom. The quantitative estimate of drug-likeness (QED) is 0.134. The van der Waals surface area contributed by atoms with Crippen molar-refractivity contribution in [1.29, 1.82) is 0 Å². The van der Waals surface area contributed by atoms with Crippen molar-refractivity contribution in [2.24, 2.45) is 0 Å². The number of esters is 2. The molecule has 0 amide bonds. The zero-order valence-corrected chi connectivity index (χ0v) is 20.6. The second-order valence-corrected chi connectivity index (χ2v) is 9.47. The molecule has 0 rings (SSSR count). The zero-order valence-electron chi connectivity index (χ0n) is 19.7. The van der Waals surface area contributed by atoms with Crippen molar-refractivity contribution in [2.75, 3.05) is 47.5 Å². The third-order valence-corrected chi connectivity index (χ3v) is 4.38. The van der Waals surface area contributed by atoms with Crippen LogP contribution in [0.25, 0.3) is 0 Å². The van der Waals surface area contributed by atoms with Crippen LogP contribution in [0.3, 0.4) is 0 Å². The summed E-state index contributed by atoms with van der Waals surface area (Å²) in [4.78, 5) is 40.7. The average molecular weight is 473 g/mol. The van der Waals surface area contributed by atoms with Crippen LogP contribution in [0, 0.1) is 0 Å². The second-order valence-electron chi connectivity index (χ2n) is 8.23. The first-order chi connectivity index (χ1) is 14.3. The van der Waals surface area contributed by atoms with Crippen molar-refractivity contribution in [3.05, 3.63) is 0 Å². The fourth-order valence-electron chi connectivity index (χ4n) is 2.14. The highest BCUT2D eigenvalue weighted by atomic mass is 31.2. The van der Waals surface area contributed by atoms with Gasteiger partial charge in [0.05, 0.1) is 34.4 Å². The summed E-state index contributed by atoms with van der Waals surface area (Å²) in [7, 11) is 1.47. The number of hydrogen-bond acceptors (Lipinski definition) is 7. The van der Waals surface area contributed by atoms with E-state index in [1.54, 1.807) is 0 Å². The molecule has 186 valence electrons. The van der Waals surface area contributed by atoms with E-state index in [-0.39, 0.29) is 26.1 Å². The van der Waals surface area contributed by atoms with Gasteiger partial charge in [-0.3, -0.25) is 14.1 Å². The van der Waals surface area contributed by atoms with Crippen LogP contribution in [0.15, 0.2) is 0 Å². The van der Waals surface area contributed by atoms with Crippen molar-refractivity contribution in [3.8, 4) is 0 Å². The molecule has 0 unspecified atom stereocenters. The summed E-state index contributed by atoms with van der Waals surface area (Å²) in [6.07, 6.45) is 4.50. The van der Waals surface area contributed by atoms with Gasteiger partial charge in [-0.15, -0.1) is 0 Å². The van der Waals surface area contributed by atoms with Crippen LogP contribution >= 0.6 is 7.82 Å². The van der Waals surface area contributed by atoms with E-state index in [1.165, 1.54) is 0 Å². The maximum atomic E-state index is 11.7. The van der Waals surface area contributed by atoms with Gasteiger partial charge in [0.1, 0.15) is 13.2 Å². The highest BCUT2D eigenvalue weighted by Crippen LogP contribution is 2.35. The summed E-state index contributed by atoms with van der Waals surface area (Å²) in [6.45, 7) is 4.30. The Labute approximate surface area is 186 Å². The molecule has 0 radical (unpaired) electrons. The normalized spacial score (nSPS) is 12.5. The molecule has 0 saturated carbocycles. The van der Waals surface area contributed by atoms with E-state index in [1.807, 2.05) is 13.8 Å². The largest absolute Gasteiger partial charge is 0.469 e. The highest BCUT2D eigenvalue weighted by Gasteiger charge is 2.22. The number of rotatable bonds is 16. The number of ether oxygens (including phenoxy) is 2. The van der Waals surface area contributed by atoms with Crippen molar-refractivity contribution in [3.63, 3.8) is 0 Å². The Hall–Kier alpha value is -1.03. The number of phosphoric ester groups is 1. The number of carbonyl (C=O) groups is 2. The van der Waals surface area contributed by atoms with Crippen molar-refractivity contribution in [2.45, 2.75) is 71.3 Å². The average Bonchev–Trinajstić information content (AvgIpc) is 2.63. The van der Waals surface area contributed by atoms with Gasteiger partial charge in [-0.05, 0) is 12.8 Å². The molecule has 10 nitrogen and oxygen atoms in total. The first kappa shape index (κ1) is 32.2. The maximum absolute atomic E-state index is 11.7. The Kier molecular flexibility index (Phi) is 19.2. The first-order valence-corrected chi connectivity index (χ1v) is 12.3. The summed E-state index contributed by atoms with van der Waals surface area (Å²) >= 11 is 0. The molecule has 0 fully saturated rings. The molecule has 0 aromatic rings. The lowest BCUT2D eigenvalue weighted by Gasteiger charge is -2.21. The van der Waals surface area contributed by atoms with Crippen molar-refractivity contribution in [1.82, 2.24) is 0 Å². The summed E-state index contributed by atoms with van der Waals surface area (Å²) < 4.78 is 26.0. The Balaban J connectivity index is 0. The molecule has 0 saturated heterocycles. The molecule has 0 spiro atoms. The van der Waals surface area contributed by atoms with Gasteiger partial charge in [-0.25, -0.2) is 4.57 Å². The molecular weight excluding hydrogens is 429 g/mol. The number of nitrogens with zero attached hydrogens (tertiary/aromatic N) is 1. The van der Waals surface area contributed by atoms with Crippen LogP contribution < -0.4 is 0 Å². The predicted octanol–water partition coefficient (Wildman–Crippen LogP) is 2.40. The Bertz CT molecular complexity index is 517. The summed E-state index contributed by atoms with van der Waals surface area (Å²) in [5, 5.41) is 8.39. The van der Waals surface area contributed by atoms with E-state index < -0.39 is 32.5 Å². The number of hydrogen-bond donors (Lipinski definition) is 3. The molecule has 0 aliphatic carbocycles. The van der Waals surface area contributed by atoms with E-state index >= 15 is 0 Å². The van der Waals surface area contributed by atoms with Gasteiger partial charge in [0.15, 0.2) is 6.10 Å². The Morgan fingerprint density at radius 2 is 1.42 bits per heavy atom. The van der Waals surface area contributed by atoms with Gasteiger partial charge < -0.3 is 28.9 Å². The first-order valence-electron chi connectivity index (χ1n) is 10.8. The summed E-state index contributed by atoms with van der Waals surface area (Å²) in [6, 6.07) is 0. The van der Waals surface area contributed by atoms with Gasteiger partial charge in [0.2, 0.25) is 0 Å². The minimum absolute atomic E-state index is 0.199. The third-order valence-electron chi connectivity index (χ3n) is 3.90. The fourth-order valence-corrected chi connectivity index (χ4v) is 2.50. The van der Waals surface area contributed by atoms with Crippen LogP contribution in [-0.2, 0) is 28.2 Å². The summed E-state index contributed by atoms with van der Waals surface area (Å²) in [5.74, 6) is -0.948. The monoisotopic (exact) mass is 472 g/mol. The van der Waals surface area contributed by atoms with Gasteiger partial charge in [-0.2, -0.15) is 0 Å². The minimum atomic E-state index is -4.69. The number of likely N-dealkylation sites (N-methyl/N-ethyl adjacent to an activating group) is 1. The minimum Gasteiger partial charge on any atom is -0.462 e. The fraction of sp³-hybridized carbons (Fsp3) is 0.900. The van der Waals surface area contributed by atoms with Gasteiger partial charge in [0.25, 0.3) is 0 Å². The van der Waals surface area contributed by atoms with Gasteiger partial charge in [0, 0.05) is 12.8 Å². The molecule has 31 heavy (non-hydrogen) atoms. The molecule has 0 bridgehead atoms. The SMILES string of the molecule is CCCCCC(=O)OC[C@H](COP(=O)(O)O)OC(=O)CCCCC.C[N+](C)(C)CCO. The number of unbranched alkanes of at least 4 members (excludes halogenated alkanes) is 4. The molecule has 11 heteroatoms. The standard InChI is InChI=1S/C15H29O8P.C5H14NO/c1-3-5-7-9-14(16)21-11-13(12-22-24(18,19)20)23-15(17)10-8-6-4-2;1-6(2,3)4-5-7/h13H,3-12H2,1-2H3,(H2,18,19,20);7H,4-5H2,1-3H3/q;+1/t13-;/m1./s1. The Morgan fingerprint density at radius 1 is 0.903 bits per heavy atom. The van der Waals surface area contributed by atoms with E-state index in [2.05, 4.69) is 25.7 Å². The van der Waals surface area contributed by atoms with Crippen LogP contribution in [0.4, 0.5) is 0 Å². The number of phosphoric acid groups is 1. The number of aliphatic hydroxyl groups excluding tert-OH is 1. The molecule has 1 atom stereocenters. The molecular formula is C20H43NO9P+. The smallest absolute Gasteiger partial charge is 0.462 e. The second kappa shape index (κ2) is 18.5. The number of quaternary nitrogens is 1. The van der Waals surface area contributed by atoms with Crippen molar-refractivity contribution >= 4 is 19.8 Å². The molecule has 0 aliphatic rings. The van der Waals surface area contributed by atoms with E-state index in [0.717, 1.165) is 36.7 Å². The van der Waals surface area contributed by atoms with Crippen LogP contribution in [-0.4, -0.2) is 84.9 Å². The van der Waals surface area contributed by atoms with E-state index in [9.17, 15) is 14.2 Å². The van der Waals surface area contributed by atoms with E-state index in [0.29, 0.717) is 12.8 Å².